The number of piperidine rings is 1. The van der Waals surface area contributed by atoms with Crippen LogP contribution in [0.3, 0.4) is 0 Å². The fourth-order valence-electron chi connectivity index (χ4n) is 2.75. The van der Waals surface area contributed by atoms with Crippen molar-refractivity contribution in [2.24, 2.45) is 5.73 Å². The summed E-state index contributed by atoms with van der Waals surface area (Å²) in [5.41, 5.74) is 5.07. The van der Waals surface area contributed by atoms with Crippen LogP contribution in [0.25, 0.3) is 0 Å². The van der Waals surface area contributed by atoms with Crippen molar-refractivity contribution in [3.8, 4) is 5.75 Å². The summed E-state index contributed by atoms with van der Waals surface area (Å²) in [6.07, 6.45) is -4.98. The van der Waals surface area contributed by atoms with Crippen LogP contribution in [-0.4, -0.2) is 64.3 Å². The Hall–Kier alpha value is -3.97. The summed E-state index contributed by atoms with van der Waals surface area (Å²) in [7, 11) is 0. The summed E-state index contributed by atoms with van der Waals surface area (Å²) in [5.74, 6) is -5.93. The molecule has 14 heteroatoms. The first-order valence-corrected chi connectivity index (χ1v) is 8.40. The molecule has 2 aliphatic rings. The second-order valence-electron chi connectivity index (χ2n) is 6.18. The lowest BCUT2D eigenvalue weighted by molar-refractivity contribution is -0.192. The number of carbonyl (C=O) groups excluding carboxylic acids is 5. The Bertz CT molecular complexity index is 976. The summed E-state index contributed by atoms with van der Waals surface area (Å²) >= 11 is 0. The fraction of sp³-hybridized carbons (Fsp3) is 0.294. The summed E-state index contributed by atoms with van der Waals surface area (Å²) in [4.78, 5) is 68.9. The molecular formula is C17H14F3N3O8. The predicted molar refractivity (Wildman–Crippen MR) is 91.5 cm³/mol. The van der Waals surface area contributed by atoms with E-state index in [1.807, 2.05) is 0 Å². The number of rotatable bonds is 4. The van der Waals surface area contributed by atoms with Crippen molar-refractivity contribution in [1.29, 1.82) is 0 Å². The van der Waals surface area contributed by atoms with Gasteiger partial charge in [-0.05, 0) is 18.6 Å². The summed E-state index contributed by atoms with van der Waals surface area (Å²) in [6.45, 7) is -0.448. The number of carbonyl (C=O) groups is 6. The molecule has 1 aromatic carbocycles. The third-order valence-corrected chi connectivity index (χ3v) is 4.04. The molecule has 11 nitrogen and oxygen atoms in total. The molecule has 1 aromatic rings. The van der Waals surface area contributed by atoms with Gasteiger partial charge in [-0.3, -0.25) is 34.2 Å². The number of hydrogen-bond acceptors (Lipinski definition) is 7. The maximum Gasteiger partial charge on any atom is 0.490 e. The molecule has 2 heterocycles. The van der Waals surface area contributed by atoms with E-state index >= 15 is 0 Å². The van der Waals surface area contributed by atoms with Gasteiger partial charge >= 0.3 is 12.1 Å². The number of nitrogens with zero attached hydrogens (tertiary/aromatic N) is 1. The van der Waals surface area contributed by atoms with Gasteiger partial charge in [0.2, 0.25) is 11.8 Å². The van der Waals surface area contributed by atoms with E-state index in [9.17, 15) is 37.1 Å². The van der Waals surface area contributed by atoms with E-state index < -0.39 is 54.3 Å². The van der Waals surface area contributed by atoms with Crippen LogP contribution in [0.1, 0.15) is 33.6 Å². The number of benzene rings is 1. The molecule has 4 N–H and O–H groups in total. The second kappa shape index (κ2) is 8.81. The molecule has 1 unspecified atom stereocenters. The van der Waals surface area contributed by atoms with E-state index in [4.69, 9.17) is 20.4 Å². The monoisotopic (exact) mass is 445 g/mol. The molecule has 1 atom stereocenters. The molecule has 166 valence electrons. The number of fused-ring (bicyclic) bond motifs is 1. The molecule has 0 saturated carbocycles. The molecule has 31 heavy (non-hydrogen) atoms. The van der Waals surface area contributed by atoms with E-state index in [0.29, 0.717) is 0 Å². The minimum Gasteiger partial charge on any atom is -0.483 e. The van der Waals surface area contributed by atoms with Crippen molar-refractivity contribution in [1.82, 2.24) is 10.2 Å². The van der Waals surface area contributed by atoms with Crippen molar-refractivity contribution < 1.29 is 51.8 Å². The number of hydrogen-bond donors (Lipinski definition) is 3. The third-order valence-electron chi connectivity index (χ3n) is 4.04. The lowest BCUT2D eigenvalue weighted by Crippen LogP contribution is -2.54. The highest BCUT2D eigenvalue weighted by molar-refractivity contribution is 6.24. The van der Waals surface area contributed by atoms with Crippen LogP contribution in [0.2, 0.25) is 0 Å². The van der Waals surface area contributed by atoms with Gasteiger partial charge in [0.15, 0.2) is 6.61 Å². The molecular weight excluding hydrogens is 431 g/mol. The van der Waals surface area contributed by atoms with Crippen LogP contribution in [-0.2, 0) is 19.2 Å². The van der Waals surface area contributed by atoms with E-state index in [2.05, 4.69) is 5.32 Å². The standard InChI is InChI=1S/C15H13N3O6.C2HF3O2/c16-10(19)6-24-9-3-1-2-7-12(9)15(23)18(14(7)22)8-4-5-11(20)17-13(8)21;3-2(4,5)1(6)7/h1-3,8H,4-6H2,(H2,16,19)(H,17,20,21);(H,6,7). The molecule has 3 rings (SSSR count). The van der Waals surface area contributed by atoms with E-state index in [0.717, 1.165) is 4.90 Å². The maximum atomic E-state index is 12.6. The van der Waals surface area contributed by atoms with Gasteiger partial charge in [-0.15, -0.1) is 0 Å². The van der Waals surface area contributed by atoms with Gasteiger partial charge in [0, 0.05) is 6.42 Å². The molecule has 1 saturated heterocycles. The van der Waals surface area contributed by atoms with Crippen molar-refractivity contribution >= 4 is 35.5 Å². The molecule has 1 fully saturated rings. The first-order valence-electron chi connectivity index (χ1n) is 8.40. The minimum atomic E-state index is -5.08. The average molecular weight is 445 g/mol. The zero-order valence-corrected chi connectivity index (χ0v) is 15.4. The Morgan fingerprint density at radius 2 is 1.81 bits per heavy atom. The number of aliphatic carboxylic acids is 1. The Morgan fingerprint density at radius 1 is 1.19 bits per heavy atom. The number of nitrogens with two attached hydrogens (primary N) is 1. The summed E-state index contributed by atoms with van der Waals surface area (Å²) in [5, 5.41) is 9.24. The molecule has 5 amide bonds. The third kappa shape index (κ3) is 5.15. The van der Waals surface area contributed by atoms with Crippen LogP contribution in [0.5, 0.6) is 5.75 Å². The van der Waals surface area contributed by atoms with Gasteiger partial charge in [-0.2, -0.15) is 13.2 Å². The number of carboxylic acid groups (broad SMARTS) is 1. The van der Waals surface area contributed by atoms with Crippen molar-refractivity contribution in [2.75, 3.05) is 6.61 Å². The van der Waals surface area contributed by atoms with E-state index in [-0.39, 0.29) is 29.7 Å². The first kappa shape index (κ1) is 23.3. The summed E-state index contributed by atoms with van der Waals surface area (Å²) < 4.78 is 36.9. The number of ether oxygens (including phenoxy) is 1. The maximum absolute atomic E-state index is 12.6. The lowest BCUT2D eigenvalue weighted by Gasteiger charge is -2.27. The zero-order valence-electron chi connectivity index (χ0n) is 15.4. The predicted octanol–water partition coefficient (Wildman–Crippen LogP) is -0.415. The quantitative estimate of drug-likeness (QED) is 0.524. The highest BCUT2D eigenvalue weighted by atomic mass is 19.4. The molecule has 0 bridgehead atoms. The van der Waals surface area contributed by atoms with Crippen molar-refractivity contribution in [2.45, 2.75) is 25.1 Å². The average Bonchev–Trinajstić information content (AvgIpc) is 2.91. The number of nitrogens with one attached hydrogen (secondary N) is 1. The van der Waals surface area contributed by atoms with Crippen LogP contribution in [0.4, 0.5) is 13.2 Å². The second-order valence-corrected chi connectivity index (χ2v) is 6.18. The van der Waals surface area contributed by atoms with E-state index in [1.165, 1.54) is 18.2 Å². The molecule has 2 aliphatic heterocycles. The smallest absolute Gasteiger partial charge is 0.483 e. The number of carboxylic acids is 1. The van der Waals surface area contributed by atoms with Crippen LogP contribution in [0, 0.1) is 0 Å². The highest BCUT2D eigenvalue weighted by Crippen LogP contribution is 2.33. The molecule has 0 aromatic heterocycles. The number of alkyl halides is 3. The number of halogens is 3. The van der Waals surface area contributed by atoms with Gasteiger partial charge in [0.05, 0.1) is 11.1 Å². The molecule has 0 radical (unpaired) electrons. The van der Waals surface area contributed by atoms with Crippen LogP contribution in [0.15, 0.2) is 18.2 Å². The van der Waals surface area contributed by atoms with Crippen LogP contribution >= 0.6 is 0 Å². The number of primary amides is 1. The molecule has 0 aliphatic carbocycles. The van der Waals surface area contributed by atoms with Gasteiger partial charge in [0.1, 0.15) is 11.8 Å². The Morgan fingerprint density at radius 3 is 2.32 bits per heavy atom. The van der Waals surface area contributed by atoms with Crippen molar-refractivity contribution in [3.05, 3.63) is 29.3 Å². The van der Waals surface area contributed by atoms with Crippen LogP contribution < -0.4 is 15.8 Å². The highest BCUT2D eigenvalue weighted by Gasteiger charge is 2.46. The van der Waals surface area contributed by atoms with Gasteiger partial charge < -0.3 is 15.6 Å². The van der Waals surface area contributed by atoms with Gasteiger partial charge in [-0.25, -0.2) is 4.79 Å². The summed E-state index contributed by atoms with van der Waals surface area (Å²) in [6, 6.07) is 3.30. The normalized spacial score (nSPS) is 18.0. The van der Waals surface area contributed by atoms with Crippen molar-refractivity contribution in [3.63, 3.8) is 0 Å². The Labute approximate surface area is 170 Å². The SMILES string of the molecule is NC(=O)COc1cccc2c1C(=O)N(C1CCC(=O)NC1=O)C2=O.O=C(O)C(F)(F)F. The lowest BCUT2D eigenvalue weighted by atomic mass is 10.0. The molecule has 0 spiro atoms. The fourth-order valence-corrected chi connectivity index (χ4v) is 2.75. The number of amides is 5. The van der Waals surface area contributed by atoms with E-state index in [1.54, 1.807) is 0 Å². The Balaban J connectivity index is 0.000000423. The van der Waals surface area contributed by atoms with Gasteiger partial charge in [-0.1, -0.05) is 6.07 Å². The van der Waals surface area contributed by atoms with Gasteiger partial charge in [0.25, 0.3) is 17.7 Å². The minimum absolute atomic E-state index is 0.0200. The first-order chi connectivity index (χ1) is 14.3. The topological polar surface area (TPSA) is 173 Å². The zero-order chi connectivity index (χ0) is 23.5. The Kier molecular flexibility index (Phi) is 6.62. The largest absolute Gasteiger partial charge is 0.490 e. The number of imide groups is 2.